The van der Waals surface area contributed by atoms with Crippen LogP contribution in [-0.4, -0.2) is 21.0 Å². The monoisotopic (exact) mass is 371 g/mol. The van der Waals surface area contributed by atoms with E-state index in [2.05, 4.69) is 43.1 Å². The number of hydrogen-bond donors (Lipinski definition) is 1. The van der Waals surface area contributed by atoms with Gasteiger partial charge < -0.3 is 0 Å². The lowest BCUT2D eigenvalue weighted by atomic mass is 9.86. The molecule has 2 heterocycles. The second-order valence-corrected chi connectivity index (χ2v) is 9.21. The highest BCUT2D eigenvalue weighted by atomic mass is 32.2. The lowest BCUT2D eigenvalue weighted by Gasteiger charge is -2.18. The van der Waals surface area contributed by atoms with Gasteiger partial charge in [-0.2, -0.15) is 0 Å². The van der Waals surface area contributed by atoms with Gasteiger partial charge in [-0.15, -0.1) is 21.5 Å². The van der Waals surface area contributed by atoms with E-state index in [9.17, 15) is 4.79 Å². The number of ketones is 1. The summed E-state index contributed by atoms with van der Waals surface area (Å²) in [5.74, 6) is -0.628. The SMILES string of the molecule is CCc1nnc(C2C(=N)SC(=Cc3ccc(C(C)(C)C)cc3)C2=O)s1. The fourth-order valence-electron chi connectivity index (χ4n) is 2.57. The average Bonchev–Trinajstić information content (AvgIpc) is 3.12. The number of rotatable bonds is 3. The highest BCUT2D eigenvalue weighted by Gasteiger charge is 2.39. The van der Waals surface area contributed by atoms with Gasteiger partial charge in [0.05, 0.1) is 9.95 Å². The third-order valence-corrected chi connectivity index (χ3v) is 6.22. The molecule has 6 heteroatoms. The van der Waals surface area contributed by atoms with Crippen molar-refractivity contribution in [2.45, 2.75) is 45.4 Å². The molecule has 1 unspecified atom stereocenters. The molecule has 0 spiro atoms. The first kappa shape index (κ1) is 18.0. The Hall–Kier alpha value is -1.79. The summed E-state index contributed by atoms with van der Waals surface area (Å²) in [5.41, 5.74) is 2.33. The van der Waals surface area contributed by atoms with Gasteiger partial charge in [0.15, 0.2) is 5.78 Å². The maximum absolute atomic E-state index is 12.8. The number of nitrogens with one attached hydrogen (secondary N) is 1. The van der Waals surface area contributed by atoms with Crippen molar-refractivity contribution < 1.29 is 4.79 Å². The molecule has 1 aliphatic heterocycles. The lowest BCUT2D eigenvalue weighted by Crippen LogP contribution is -2.11. The number of nitrogens with zero attached hydrogens (tertiary/aromatic N) is 2. The molecule has 1 aliphatic rings. The number of carbonyl (C=O) groups excluding carboxylic acids is 1. The molecule has 1 saturated heterocycles. The molecule has 1 aromatic heterocycles. The molecule has 0 aliphatic carbocycles. The van der Waals surface area contributed by atoms with E-state index in [4.69, 9.17) is 5.41 Å². The van der Waals surface area contributed by atoms with E-state index in [1.165, 1.54) is 28.7 Å². The molecule has 25 heavy (non-hydrogen) atoms. The van der Waals surface area contributed by atoms with E-state index in [0.717, 1.165) is 17.0 Å². The van der Waals surface area contributed by atoms with Gasteiger partial charge in [-0.25, -0.2) is 0 Å². The predicted molar refractivity (Wildman–Crippen MR) is 105 cm³/mol. The Morgan fingerprint density at radius 3 is 2.44 bits per heavy atom. The molecular weight excluding hydrogens is 350 g/mol. The molecule has 3 rings (SSSR count). The van der Waals surface area contributed by atoms with Crippen molar-refractivity contribution >= 4 is 40.0 Å². The van der Waals surface area contributed by atoms with Gasteiger partial charge in [-0.05, 0) is 29.0 Å². The van der Waals surface area contributed by atoms with Gasteiger partial charge in [0.2, 0.25) is 0 Å². The lowest BCUT2D eigenvalue weighted by molar-refractivity contribution is -0.114. The van der Waals surface area contributed by atoms with Crippen LogP contribution in [0.1, 0.15) is 54.8 Å². The minimum atomic E-state index is -0.581. The zero-order valence-electron chi connectivity index (χ0n) is 14.8. The largest absolute Gasteiger partial charge is 0.297 e. The molecule has 1 aromatic carbocycles. The fourth-order valence-corrected chi connectivity index (χ4v) is 4.52. The molecule has 1 atom stereocenters. The number of thioether (sulfide) groups is 1. The Labute approximate surface area is 156 Å². The summed E-state index contributed by atoms with van der Waals surface area (Å²) in [6.07, 6.45) is 2.66. The summed E-state index contributed by atoms with van der Waals surface area (Å²) in [6, 6.07) is 8.24. The van der Waals surface area contributed by atoms with Crippen LogP contribution in [0.2, 0.25) is 0 Å². The number of hydrogen-bond acceptors (Lipinski definition) is 6. The van der Waals surface area contributed by atoms with Gasteiger partial charge in [-0.1, -0.05) is 63.7 Å². The number of Topliss-reactive ketones (excluding diaryl/α,β-unsaturated/α-hetero) is 1. The summed E-state index contributed by atoms with van der Waals surface area (Å²) in [7, 11) is 0. The minimum absolute atomic E-state index is 0.0475. The number of aryl methyl sites for hydroxylation is 1. The fraction of sp³-hybridized carbons (Fsp3) is 0.368. The number of carbonyl (C=O) groups is 1. The maximum Gasteiger partial charge on any atom is 0.186 e. The first-order valence-corrected chi connectivity index (χ1v) is 9.88. The summed E-state index contributed by atoms with van der Waals surface area (Å²) in [5, 5.41) is 18.3. The summed E-state index contributed by atoms with van der Waals surface area (Å²) >= 11 is 2.66. The van der Waals surface area contributed by atoms with Gasteiger partial charge >= 0.3 is 0 Å². The number of allylic oxidation sites excluding steroid dienone is 1. The van der Waals surface area contributed by atoms with E-state index in [-0.39, 0.29) is 11.2 Å². The smallest absolute Gasteiger partial charge is 0.186 e. The highest BCUT2D eigenvalue weighted by Crippen LogP contribution is 2.41. The van der Waals surface area contributed by atoms with Crippen LogP contribution in [0, 0.1) is 5.41 Å². The molecule has 2 aromatic rings. The first-order valence-electron chi connectivity index (χ1n) is 8.24. The van der Waals surface area contributed by atoms with E-state index in [0.29, 0.717) is 15.0 Å². The van der Waals surface area contributed by atoms with Gasteiger partial charge in [0, 0.05) is 0 Å². The molecule has 0 saturated carbocycles. The van der Waals surface area contributed by atoms with Crippen molar-refractivity contribution in [3.8, 4) is 0 Å². The van der Waals surface area contributed by atoms with Gasteiger partial charge in [0.25, 0.3) is 0 Å². The van der Waals surface area contributed by atoms with Crippen LogP contribution in [0.25, 0.3) is 6.08 Å². The molecule has 130 valence electrons. The maximum atomic E-state index is 12.8. The third kappa shape index (κ3) is 3.75. The average molecular weight is 372 g/mol. The molecular formula is C19H21N3OS2. The van der Waals surface area contributed by atoms with Crippen molar-refractivity contribution in [1.29, 1.82) is 5.41 Å². The van der Waals surface area contributed by atoms with Crippen LogP contribution in [-0.2, 0) is 16.6 Å². The quantitative estimate of drug-likeness (QED) is 0.786. The van der Waals surface area contributed by atoms with Crippen molar-refractivity contribution in [3.05, 3.63) is 50.3 Å². The van der Waals surface area contributed by atoms with Crippen molar-refractivity contribution in [2.75, 3.05) is 0 Å². The predicted octanol–water partition coefficient (Wildman–Crippen LogP) is 4.82. The van der Waals surface area contributed by atoms with E-state index < -0.39 is 5.92 Å². The summed E-state index contributed by atoms with van der Waals surface area (Å²) < 4.78 is 0. The Kier molecular flexibility index (Phi) is 4.93. The number of benzene rings is 1. The van der Waals surface area contributed by atoms with Crippen LogP contribution < -0.4 is 0 Å². The van der Waals surface area contributed by atoms with E-state index in [1.54, 1.807) is 0 Å². The second-order valence-electron chi connectivity index (χ2n) is 7.03. The van der Waals surface area contributed by atoms with Crippen LogP contribution in [0.5, 0.6) is 0 Å². The standard InChI is InChI=1S/C19H21N3OS2/c1-5-14-21-22-18(25-14)15-16(23)13(24-17(15)20)10-11-6-8-12(9-7-11)19(2,3)4/h6-10,15,20H,5H2,1-4H3. The van der Waals surface area contributed by atoms with E-state index in [1.807, 2.05) is 25.1 Å². The van der Waals surface area contributed by atoms with Crippen LogP contribution in [0.15, 0.2) is 29.2 Å². The van der Waals surface area contributed by atoms with Gasteiger partial charge in [-0.3, -0.25) is 10.2 Å². The van der Waals surface area contributed by atoms with Crippen LogP contribution in [0.3, 0.4) is 0 Å². The second kappa shape index (κ2) is 6.84. The molecule has 0 radical (unpaired) electrons. The Bertz CT molecular complexity index is 844. The van der Waals surface area contributed by atoms with E-state index >= 15 is 0 Å². The van der Waals surface area contributed by atoms with Crippen molar-refractivity contribution in [2.24, 2.45) is 0 Å². The highest BCUT2D eigenvalue weighted by molar-refractivity contribution is 8.19. The molecule has 0 bridgehead atoms. The number of aromatic nitrogens is 2. The normalized spacial score (nSPS) is 19.8. The molecule has 0 amide bonds. The van der Waals surface area contributed by atoms with Crippen LogP contribution in [0.4, 0.5) is 0 Å². The Balaban J connectivity index is 1.85. The summed E-state index contributed by atoms with van der Waals surface area (Å²) in [6.45, 7) is 8.54. The topological polar surface area (TPSA) is 66.7 Å². The zero-order valence-corrected chi connectivity index (χ0v) is 16.4. The molecule has 1 fully saturated rings. The van der Waals surface area contributed by atoms with Gasteiger partial charge in [0.1, 0.15) is 15.9 Å². The third-order valence-electron chi connectivity index (χ3n) is 4.09. The first-order chi connectivity index (χ1) is 11.8. The van der Waals surface area contributed by atoms with Crippen molar-refractivity contribution in [3.63, 3.8) is 0 Å². The Morgan fingerprint density at radius 1 is 1.20 bits per heavy atom. The summed E-state index contributed by atoms with van der Waals surface area (Å²) in [4.78, 5) is 13.4. The molecule has 4 nitrogen and oxygen atoms in total. The van der Waals surface area contributed by atoms with Crippen LogP contribution >= 0.6 is 23.1 Å². The van der Waals surface area contributed by atoms with Crippen molar-refractivity contribution in [1.82, 2.24) is 10.2 Å². The zero-order chi connectivity index (χ0) is 18.2. The molecule has 1 N–H and O–H groups in total. The Morgan fingerprint density at radius 2 is 1.88 bits per heavy atom. The minimum Gasteiger partial charge on any atom is -0.297 e.